The first kappa shape index (κ1) is 13.5. The normalized spacial score (nSPS) is 14.2. The summed E-state index contributed by atoms with van der Waals surface area (Å²) in [4.78, 5) is 15.0. The van der Waals surface area contributed by atoms with Crippen LogP contribution in [0.5, 0.6) is 0 Å². The zero-order chi connectivity index (χ0) is 14.7. The summed E-state index contributed by atoms with van der Waals surface area (Å²) in [5.74, 6) is 0. The first-order chi connectivity index (χ1) is 10.3. The monoisotopic (exact) mass is 283 g/mol. The van der Waals surface area contributed by atoms with E-state index in [9.17, 15) is 10.1 Å². The van der Waals surface area contributed by atoms with Gasteiger partial charge in [0.15, 0.2) is 0 Å². The third-order valence-electron chi connectivity index (χ3n) is 3.84. The molecule has 0 fully saturated rings. The predicted molar refractivity (Wildman–Crippen MR) is 83.4 cm³/mol. The lowest BCUT2D eigenvalue weighted by molar-refractivity contribution is -0.384. The fraction of sp³-hybridized carbons (Fsp3) is 0.312. The number of rotatable bonds is 5. The Hall–Kier alpha value is -2.43. The Labute approximate surface area is 122 Å². The van der Waals surface area contributed by atoms with Crippen LogP contribution in [0.1, 0.15) is 25.7 Å². The zero-order valence-corrected chi connectivity index (χ0v) is 11.7. The molecule has 1 aliphatic carbocycles. The van der Waals surface area contributed by atoms with Crippen LogP contribution in [0.4, 0.5) is 11.4 Å². The Bertz CT molecular complexity index is 710. The molecule has 0 atom stereocenters. The number of benzene rings is 1. The first-order valence-corrected chi connectivity index (χ1v) is 7.19. The van der Waals surface area contributed by atoms with Crippen molar-refractivity contribution in [2.75, 3.05) is 11.9 Å². The third kappa shape index (κ3) is 2.86. The molecule has 21 heavy (non-hydrogen) atoms. The molecule has 0 saturated heterocycles. The molecule has 1 N–H and O–H groups in total. The Morgan fingerprint density at radius 3 is 2.95 bits per heavy atom. The number of hydrogen-bond acceptors (Lipinski definition) is 4. The number of nitrogens with one attached hydrogen (secondary N) is 1. The van der Waals surface area contributed by atoms with Crippen LogP contribution < -0.4 is 5.32 Å². The van der Waals surface area contributed by atoms with E-state index in [-0.39, 0.29) is 10.6 Å². The molecule has 0 radical (unpaired) electrons. The number of pyridine rings is 1. The molecule has 1 aliphatic rings. The second kappa shape index (κ2) is 5.91. The molecular weight excluding hydrogens is 266 g/mol. The van der Waals surface area contributed by atoms with E-state index in [0.29, 0.717) is 12.2 Å². The number of para-hydroxylation sites is 1. The van der Waals surface area contributed by atoms with Crippen LogP contribution in [-0.4, -0.2) is 16.5 Å². The van der Waals surface area contributed by atoms with Crippen LogP contribution >= 0.6 is 0 Å². The van der Waals surface area contributed by atoms with Crippen LogP contribution in [0.3, 0.4) is 0 Å². The number of nitrogens with zero attached hydrogens (tertiary/aromatic N) is 2. The summed E-state index contributed by atoms with van der Waals surface area (Å²) >= 11 is 0. The lowest BCUT2D eigenvalue weighted by Gasteiger charge is -2.10. The number of anilines is 1. The quantitative estimate of drug-likeness (QED) is 0.510. The largest absolute Gasteiger partial charge is 0.379 e. The maximum atomic E-state index is 11.2. The van der Waals surface area contributed by atoms with E-state index in [2.05, 4.69) is 16.4 Å². The van der Waals surface area contributed by atoms with Crippen molar-refractivity contribution in [3.8, 4) is 0 Å². The Kier molecular flexibility index (Phi) is 3.81. The summed E-state index contributed by atoms with van der Waals surface area (Å²) in [6.07, 6.45) is 8.09. The van der Waals surface area contributed by atoms with Crippen LogP contribution in [0.15, 0.2) is 42.1 Å². The minimum atomic E-state index is -0.378. The first-order valence-electron chi connectivity index (χ1n) is 7.19. The van der Waals surface area contributed by atoms with E-state index in [1.54, 1.807) is 0 Å². The fourth-order valence-electron chi connectivity index (χ4n) is 2.77. The molecule has 0 saturated carbocycles. The number of aromatic nitrogens is 1. The van der Waals surface area contributed by atoms with E-state index in [4.69, 9.17) is 0 Å². The van der Waals surface area contributed by atoms with E-state index >= 15 is 0 Å². The van der Waals surface area contributed by atoms with Gasteiger partial charge in [0.05, 0.1) is 10.4 Å². The Morgan fingerprint density at radius 1 is 1.33 bits per heavy atom. The van der Waals surface area contributed by atoms with E-state index in [0.717, 1.165) is 30.2 Å². The van der Waals surface area contributed by atoms with Crippen molar-refractivity contribution < 1.29 is 4.92 Å². The van der Waals surface area contributed by atoms with Crippen LogP contribution in [0, 0.1) is 10.1 Å². The molecule has 0 aliphatic heterocycles. The summed E-state index contributed by atoms with van der Waals surface area (Å²) in [5.41, 5.74) is 2.83. The number of fused-ring (bicyclic) bond motifs is 1. The van der Waals surface area contributed by atoms with Gasteiger partial charge in [0.1, 0.15) is 11.9 Å². The summed E-state index contributed by atoms with van der Waals surface area (Å²) in [5, 5.41) is 15.2. The summed E-state index contributed by atoms with van der Waals surface area (Å²) in [7, 11) is 0. The van der Waals surface area contributed by atoms with Crippen molar-refractivity contribution in [1.29, 1.82) is 0 Å². The van der Waals surface area contributed by atoms with Gasteiger partial charge in [0, 0.05) is 11.9 Å². The minimum Gasteiger partial charge on any atom is -0.379 e. The van der Waals surface area contributed by atoms with Gasteiger partial charge in [-0.2, -0.15) is 0 Å². The lowest BCUT2D eigenvalue weighted by Crippen LogP contribution is -2.06. The van der Waals surface area contributed by atoms with Crippen molar-refractivity contribution in [3.05, 3.63) is 52.2 Å². The molecule has 108 valence electrons. The van der Waals surface area contributed by atoms with Gasteiger partial charge in [0.25, 0.3) is 0 Å². The lowest BCUT2D eigenvalue weighted by atomic mass is 10.1. The zero-order valence-electron chi connectivity index (χ0n) is 11.7. The molecule has 2 aromatic rings. The van der Waals surface area contributed by atoms with Gasteiger partial charge >= 0.3 is 5.69 Å². The number of nitro groups is 1. The smallest absolute Gasteiger partial charge is 0.311 e. The van der Waals surface area contributed by atoms with Crippen molar-refractivity contribution in [2.24, 2.45) is 0 Å². The Balaban J connectivity index is 1.87. The standard InChI is InChI=1S/C16H17N3O2/c20-19(21)15-11-18-14-8-4-3-7-13(14)16(15)17-10-9-12-5-1-2-6-12/h3-5,7-8,11H,1-2,6,9-10H2,(H,17,18). The summed E-state index contributed by atoms with van der Waals surface area (Å²) < 4.78 is 0. The molecule has 1 aromatic carbocycles. The average molecular weight is 283 g/mol. The highest BCUT2D eigenvalue weighted by Gasteiger charge is 2.17. The molecule has 0 unspecified atom stereocenters. The van der Waals surface area contributed by atoms with Gasteiger partial charge in [-0.3, -0.25) is 10.1 Å². The van der Waals surface area contributed by atoms with Gasteiger partial charge in [-0.05, 0) is 31.7 Å². The van der Waals surface area contributed by atoms with Gasteiger partial charge in [-0.15, -0.1) is 0 Å². The highest BCUT2D eigenvalue weighted by Crippen LogP contribution is 2.31. The fourth-order valence-corrected chi connectivity index (χ4v) is 2.77. The maximum Gasteiger partial charge on any atom is 0.311 e. The van der Waals surface area contributed by atoms with Gasteiger partial charge < -0.3 is 5.32 Å². The molecule has 0 spiro atoms. The van der Waals surface area contributed by atoms with E-state index < -0.39 is 0 Å². The number of hydrogen-bond donors (Lipinski definition) is 1. The molecular formula is C16H17N3O2. The molecule has 0 bridgehead atoms. The van der Waals surface area contributed by atoms with Gasteiger partial charge in [0.2, 0.25) is 0 Å². The highest BCUT2D eigenvalue weighted by molar-refractivity contribution is 5.95. The number of allylic oxidation sites excluding steroid dienone is 1. The maximum absolute atomic E-state index is 11.2. The molecule has 1 aromatic heterocycles. The SMILES string of the molecule is O=[N+]([O-])c1cnc2ccccc2c1NCCC1=CCCC1. The van der Waals surface area contributed by atoms with Crippen molar-refractivity contribution in [3.63, 3.8) is 0 Å². The molecule has 3 rings (SSSR count). The summed E-state index contributed by atoms with van der Waals surface area (Å²) in [6, 6.07) is 7.49. The van der Waals surface area contributed by atoms with Gasteiger partial charge in [-0.1, -0.05) is 29.8 Å². The summed E-state index contributed by atoms with van der Waals surface area (Å²) in [6.45, 7) is 0.709. The molecule has 0 amide bonds. The third-order valence-corrected chi connectivity index (χ3v) is 3.84. The van der Waals surface area contributed by atoms with Crippen molar-refractivity contribution in [2.45, 2.75) is 25.7 Å². The van der Waals surface area contributed by atoms with Crippen molar-refractivity contribution >= 4 is 22.3 Å². The minimum absolute atomic E-state index is 0.0362. The second-order valence-corrected chi connectivity index (χ2v) is 5.22. The topological polar surface area (TPSA) is 68.1 Å². The van der Waals surface area contributed by atoms with E-state index in [1.807, 2.05) is 24.3 Å². The molecule has 5 nitrogen and oxygen atoms in total. The van der Waals surface area contributed by atoms with Crippen LogP contribution in [0.25, 0.3) is 10.9 Å². The molecule has 5 heteroatoms. The molecule has 1 heterocycles. The highest BCUT2D eigenvalue weighted by atomic mass is 16.6. The van der Waals surface area contributed by atoms with Crippen LogP contribution in [0.2, 0.25) is 0 Å². The van der Waals surface area contributed by atoms with Gasteiger partial charge in [-0.25, -0.2) is 4.98 Å². The van der Waals surface area contributed by atoms with Crippen molar-refractivity contribution in [1.82, 2.24) is 4.98 Å². The predicted octanol–water partition coefficient (Wildman–Crippen LogP) is 4.06. The van der Waals surface area contributed by atoms with Crippen LogP contribution in [-0.2, 0) is 0 Å². The Morgan fingerprint density at radius 2 is 2.19 bits per heavy atom. The average Bonchev–Trinajstić information content (AvgIpc) is 3.00. The van der Waals surface area contributed by atoms with E-state index in [1.165, 1.54) is 18.2 Å². The second-order valence-electron chi connectivity index (χ2n) is 5.22.